The summed E-state index contributed by atoms with van der Waals surface area (Å²) in [7, 11) is 0. The molecule has 1 atom stereocenters. The van der Waals surface area contributed by atoms with Gasteiger partial charge in [0.2, 0.25) is 5.91 Å². The van der Waals surface area contributed by atoms with Gasteiger partial charge in [0.25, 0.3) is 0 Å². The van der Waals surface area contributed by atoms with Crippen LogP contribution >= 0.6 is 0 Å². The minimum absolute atomic E-state index is 0.0202. The molecule has 0 rings (SSSR count). The first-order valence-electron chi connectivity index (χ1n) is 7.15. The lowest BCUT2D eigenvalue weighted by molar-refractivity contribution is -0.145. The summed E-state index contributed by atoms with van der Waals surface area (Å²) in [4.78, 5) is 34.6. The van der Waals surface area contributed by atoms with Crippen molar-refractivity contribution >= 4 is 17.7 Å². The molecule has 116 valence electrons. The van der Waals surface area contributed by atoms with E-state index in [9.17, 15) is 14.4 Å². The van der Waals surface area contributed by atoms with E-state index in [4.69, 9.17) is 4.74 Å². The molecule has 0 saturated carbocycles. The zero-order chi connectivity index (χ0) is 15.7. The second-order valence-electron chi connectivity index (χ2n) is 6.03. The second-order valence-corrected chi connectivity index (χ2v) is 6.03. The van der Waals surface area contributed by atoms with Gasteiger partial charge in [-0.1, -0.05) is 27.7 Å². The first-order valence-corrected chi connectivity index (χ1v) is 7.15. The number of rotatable bonds is 9. The molecule has 5 nitrogen and oxygen atoms in total. The average Bonchev–Trinajstić information content (AvgIpc) is 2.31. The highest BCUT2D eigenvalue weighted by Crippen LogP contribution is 2.16. The highest BCUT2D eigenvalue weighted by Gasteiger charge is 2.22. The van der Waals surface area contributed by atoms with E-state index in [-0.39, 0.29) is 36.5 Å². The molecule has 0 aliphatic carbocycles. The van der Waals surface area contributed by atoms with Gasteiger partial charge in [0, 0.05) is 12.3 Å². The summed E-state index contributed by atoms with van der Waals surface area (Å²) in [6.45, 7) is 9.55. The smallest absolute Gasteiger partial charge is 0.325 e. The van der Waals surface area contributed by atoms with Crippen molar-refractivity contribution in [2.24, 2.45) is 17.8 Å². The van der Waals surface area contributed by atoms with E-state index in [1.165, 1.54) is 6.92 Å². The number of Topliss-reactive ketones (excluding diaryl/α,β-unsaturated/α-hetero) is 1. The van der Waals surface area contributed by atoms with Crippen molar-refractivity contribution in [3.8, 4) is 0 Å². The fourth-order valence-electron chi connectivity index (χ4n) is 1.81. The molecule has 0 heterocycles. The van der Waals surface area contributed by atoms with Crippen molar-refractivity contribution in [2.75, 3.05) is 13.2 Å². The van der Waals surface area contributed by atoms with Gasteiger partial charge in [-0.2, -0.15) is 0 Å². The molecule has 20 heavy (non-hydrogen) atoms. The molecule has 1 N–H and O–H groups in total. The lowest BCUT2D eigenvalue weighted by atomic mass is 9.92. The number of hydrogen-bond acceptors (Lipinski definition) is 4. The second kappa shape index (κ2) is 9.50. The van der Waals surface area contributed by atoms with Crippen molar-refractivity contribution in [3.63, 3.8) is 0 Å². The van der Waals surface area contributed by atoms with Gasteiger partial charge in [-0.25, -0.2) is 0 Å². The lowest BCUT2D eigenvalue weighted by Gasteiger charge is -2.17. The van der Waals surface area contributed by atoms with Crippen molar-refractivity contribution < 1.29 is 19.1 Å². The van der Waals surface area contributed by atoms with Gasteiger partial charge in [-0.15, -0.1) is 0 Å². The molecule has 1 amide bonds. The van der Waals surface area contributed by atoms with E-state index in [1.807, 2.05) is 27.7 Å². The van der Waals surface area contributed by atoms with Crippen LogP contribution in [0.5, 0.6) is 0 Å². The topological polar surface area (TPSA) is 72.5 Å². The van der Waals surface area contributed by atoms with Crippen LogP contribution in [0.25, 0.3) is 0 Å². The maximum absolute atomic E-state index is 12.0. The Kier molecular flexibility index (Phi) is 8.84. The number of carbonyl (C=O) groups excluding carboxylic acids is 3. The van der Waals surface area contributed by atoms with E-state index < -0.39 is 5.97 Å². The molecule has 0 aromatic rings. The molecule has 0 aliphatic heterocycles. The van der Waals surface area contributed by atoms with Crippen molar-refractivity contribution in [3.05, 3.63) is 0 Å². The minimum atomic E-state index is -0.446. The molecular formula is C15H27NO4. The van der Waals surface area contributed by atoms with Crippen LogP contribution in [0.2, 0.25) is 0 Å². The molecule has 0 aromatic carbocycles. The summed E-state index contributed by atoms with van der Waals surface area (Å²) in [5, 5.41) is 2.55. The SMILES string of the molecule is CC(=O)C[C@@H](CC(C)C)C(=O)NCC(=O)OCC(C)C. The van der Waals surface area contributed by atoms with E-state index in [2.05, 4.69) is 5.32 Å². The molecule has 0 unspecified atom stereocenters. The van der Waals surface area contributed by atoms with Crippen LogP contribution in [0.4, 0.5) is 0 Å². The van der Waals surface area contributed by atoms with Crippen LogP contribution in [-0.2, 0) is 19.1 Å². The zero-order valence-electron chi connectivity index (χ0n) is 13.2. The Labute approximate surface area is 121 Å². The maximum Gasteiger partial charge on any atom is 0.325 e. The first kappa shape index (κ1) is 18.6. The van der Waals surface area contributed by atoms with Gasteiger partial charge >= 0.3 is 5.97 Å². The largest absolute Gasteiger partial charge is 0.464 e. The Balaban J connectivity index is 4.24. The fraction of sp³-hybridized carbons (Fsp3) is 0.800. The summed E-state index contributed by atoms with van der Waals surface area (Å²) < 4.78 is 4.98. The predicted molar refractivity (Wildman–Crippen MR) is 77.0 cm³/mol. The first-order chi connectivity index (χ1) is 9.22. The van der Waals surface area contributed by atoms with E-state index >= 15 is 0 Å². The van der Waals surface area contributed by atoms with Crippen molar-refractivity contribution in [1.82, 2.24) is 5.32 Å². The third kappa shape index (κ3) is 9.53. The van der Waals surface area contributed by atoms with E-state index in [1.54, 1.807) is 0 Å². The molecule has 0 fully saturated rings. The maximum atomic E-state index is 12.0. The van der Waals surface area contributed by atoms with Gasteiger partial charge in [0.15, 0.2) is 0 Å². The lowest BCUT2D eigenvalue weighted by Crippen LogP contribution is -2.36. The zero-order valence-corrected chi connectivity index (χ0v) is 13.2. The Morgan fingerprint density at radius 1 is 1.05 bits per heavy atom. The van der Waals surface area contributed by atoms with E-state index in [0.29, 0.717) is 18.9 Å². The van der Waals surface area contributed by atoms with Crippen LogP contribution in [0, 0.1) is 17.8 Å². The highest BCUT2D eigenvalue weighted by atomic mass is 16.5. The molecule has 0 radical (unpaired) electrons. The number of amides is 1. The molecule has 0 spiro atoms. The minimum Gasteiger partial charge on any atom is -0.464 e. The monoisotopic (exact) mass is 285 g/mol. The molecule has 5 heteroatoms. The summed E-state index contributed by atoms with van der Waals surface area (Å²) in [5.74, 6) is -0.508. The van der Waals surface area contributed by atoms with Crippen LogP contribution in [0.3, 0.4) is 0 Å². The Bertz CT molecular complexity index is 337. The predicted octanol–water partition coefficient (Wildman–Crippen LogP) is 1.94. The number of nitrogens with one attached hydrogen (secondary N) is 1. The molecule has 0 aliphatic rings. The normalized spacial score (nSPS) is 12.3. The van der Waals surface area contributed by atoms with E-state index in [0.717, 1.165) is 0 Å². The Morgan fingerprint density at radius 2 is 1.65 bits per heavy atom. The van der Waals surface area contributed by atoms with Gasteiger partial charge in [-0.05, 0) is 25.2 Å². The third-order valence-corrected chi connectivity index (χ3v) is 2.65. The molecule has 0 bridgehead atoms. The number of ketones is 1. The summed E-state index contributed by atoms with van der Waals surface area (Å²) in [6.07, 6.45) is 0.845. The summed E-state index contributed by atoms with van der Waals surface area (Å²) >= 11 is 0. The molecule has 0 aromatic heterocycles. The quantitative estimate of drug-likeness (QED) is 0.657. The number of hydrogen-bond donors (Lipinski definition) is 1. The van der Waals surface area contributed by atoms with Gasteiger partial charge in [-0.3, -0.25) is 9.59 Å². The van der Waals surface area contributed by atoms with Crippen LogP contribution < -0.4 is 5.32 Å². The highest BCUT2D eigenvalue weighted by molar-refractivity contribution is 5.87. The van der Waals surface area contributed by atoms with Crippen LogP contribution in [0.1, 0.15) is 47.5 Å². The third-order valence-electron chi connectivity index (χ3n) is 2.65. The number of ether oxygens (including phenoxy) is 1. The summed E-state index contributed by atoms with van der Waals surface area (Å²) in [6, 6.07) is 0. The van der Waals surface area contributed by atoms with Crippen LogP contribution in [-0.4, -0.2) is 30.8 Å². The van der Waals surface area contributed by atoms with Crippen LogP contribution in [0.15, 0.2) is 0 Å². The average molecular weight is 285 g/mol. The molecule has 0 saturated heterocycles. The Hall–Kier alpha value is -1.39. The Morgan fingerprint density at radius 3 is 2.10 bits per heavy atom. The number of carbonyl (C=O) groups is 3. The fourth-order valence-corrected chi connectivity index (χ4v) is 1.81. The van der Waals surface area contributed by atoms with Gasteiger partial charge in [0.05, 0.1) is 6.61 Å². The van der Waals surface area contributed by atoms with Crippen molar-refractivity contribution in [2.45, 2.75) is 47.5 Å². The number of esters is 1. The standard InChI is InChI=1S/C15H27NO4/c1-10(2)6-13(7-12(5)17)15(19)16-8-14(18)20-9-11(3)4/h10-11,13H,6-9H2,1-5H3,(H,16,19)/t13-/m1/s1. The van der Waals surface area contributed by atoms with Gasteiger partial charge < -0.3 is 14.8 Å². The molecular weight excluding hydrogens is 258 g/mol. The van der Waals surface area contributed by atoms with Crippen molar-refractivity contribution in [1.29, 1.82) is 0 Å². The van der Waals surface area contributed by atoms with Gasteiger partial charge in [0.1, 0.15) is 12.3 Å². The summed E-state index contributed by atoms with van der Waals surface area (Å²) in [5.41, 5.74) is 0.